The predicted molar refractivity (Wildman–Crippen MR) is 46.1 cm³/mol. The Balaban J connectivity index is 3.28. The van der Waals surface area contributed by atoms with Crippen LogP contribution in [0.15, 0.2) is 4.99 Å². The first-order valence-electron chi connectivity index (χ1n) is 3.84. The number of aliphatic imine (C=N–C) groups is 1. The van der Waals surface area contributed by atoms with Crippen molar-refractivity contribution in [1.29, 1.82) is 5.26 Å². The highest BCUT2D eigenvalue weighted by molar-refractivity contribution is 5.79. The monoisotopic (exact) mass is 170 g/mol. The van der Waals surface area contributed by atoms with Crippen LogP contribution in [0.4, 0.5) is 0 Å². The number of guanidine groups is 1. The Morgan fingerprint density at radius 3 is 3.08 bits per heavy atom. The van der Waals surface area contributed by atoms with E-state index in [1.165, 1.54) is 0 Å². The lowest BCUT2D eigenvalue weighted by Crippen LogP contribution is -2.27. The van der Waals surface area contributed by atoms with Crippen molar-refractivity contribution in [3.63, 3.8) is 0 Å². The molecule has 0 bridgehead atoms. The van der Waals surface area contributed by atoms with Gasteiger partial charge in [0.25, 0.3) is 0 Å². The Morgan fingerprint density at radius 2 is 2.50 bits per heavy atom. The second kappa shape index (κ2) is 7.82. The molecule has 0 aliphatic rings. The highest BCUT2D eigenvalue weighted by Gasteiger charge is 1.87. The number of nitrogens with one attached hydrogen (secondary N) is 1. The van der Waals surface area contributed by atoms with Crippen molar-refractivity contribution >= 4 is 5.96 Å². The Kier molecular flexibility index (Phi) is 6.99. The first-order chi connectivity index (χ1) is 5.81. The van der Waals surface area contributed by atoms with Gasteiger partial charge >= 0.3 is 0 Å². The van der Waals surface area contributed by atoms with Crippen LogP contribution in [0.1, 0.15) is 19.8 Å². The van der Waals surface area contributed by atoms with Gasteiger partial charge in [0.1, 0.15) is 6.73 Å². The molecule has 0 atom stereocenters. The van der Waals surface area contributed by atoms with E-state index < -0.39 is 0 Å². The fraction of sp³-hybridized carbons (Fsp3) is 0.714. The van der Waals surface area contributed by atoms with Gasteiger partial charge in [0.05, 0.1) is 0 Å². The van der Waals surface area contributed by atoms with E-state index in [1.54, 1.807) is 6.19 Å². The maximum absolute atomic E-state index is 8.11. The van der Waals surface area contributed by atoms with Crippen molar-refractivity contribution in [2.24, 2.45) is 10.7 Å². The topological polar surface area (TPSA) is 83.4 Å². The summed E-state index contributed by atoms with van der Waals surface area (Å²) in [7, 11) is 0. The van der Waals surface area contributed by atoms with Gasteiger partial charge in [0.15, 0.2) is 6.19 Å². The lowest BCUT2D eigenvalue weighted by atomic mass is 10.4. The Hall–Kier alpha value is -1.28. The number of hydrogen-bond acceptors (Lipinski definition) is 3. The van der Waals surface area contributed by atoms with Crippen molar-refractivity contribution in [2.75, 3.05) is 13.3 Å². The number of ether oxygens (including phenoxy) is 1. The van der Waals surface area contributed by atoms with Gasteiger partial charge in [-0.25, -0.2) is 4.99 Å². The maximum Gasteiger partial charge on any atom is 0.204 e. The van der Waals surface area contributed by atoms with Crippen LogP contribution in [0.5, 0.6) is 0 Å². The Labute approximate surface area is 72.2 Å². The SMILES string of the molecule is CCCCOC/N=C(\N)NC#N. The molecule has 0 aromatic heterocycles. The number of nitriles is 1. The van der Waals surface area contributed by atoms with E-state index >= 15 is 0 Å². The molecule has 0 heterocycles. The molecule has 0 aliphatic heterocycles. The minimum Gasteiger partial charge on any atom is -0.369 e. The zero-order valence-electron chi connectivity index (χ0n) is 7.21. The van der Waals surface area contributed by atoms with E-state index in [4.69, 9.17) is 15.7 Å². The standard InChI is InChI=1S/C7H14N4O/c1-2-3-4-12-6-11-7(9)10-5-8/h2-4,6H2,1H3,(H3,9,10,11). The number of unbranched alkanes of at least 4 members (excludes halogenated alkanes) is 1. The average Bonchev–Trinajstić information content (AvgIpc) is 2.05. The van der Waals surface area contributed by atoms with Gasteiger partial charge in [-0.3, -0.25) is 5.32 Å². The zero-order chi connectivity index (χ0) is 9.23. The smallest absolute Gasteiger partial charge is 0.204 e. The third kappa shape index (κ3) is 6.83. The van der Waals surface area contributed by atoms with E-state index in [0.717, 1.165) is 12.8 Å². The van der Waals surface area contributed by atoms with Crippen molar-refractivity contribution in [2.45, 2.75) is 19.8 Å². The second-order valence-electron chi connectivity index (χ2n) is 2.17. The van der Waals surface area contributed by atoms with Crippen LogP contribution in [0, 0.1) is 11.5 Å². The van der Waals surface area contributed by atoms with Crippen LogP contribution in [-0.2, 0) is 4.74 Å². The molecule has 0 saturated carbocycles. The highest BCUT2D eigenvalue weighted by Crippen LogP contribution is 1.87. The van der Waals surface area contributed by atoms with Crippen molar-refractivity contribution in [1.82, 2.24) is 5.32 Å². The summed E-state index contributed by atoms with van der Waals surface area (Å²) < 4.78 is 5.07. The van der Waals surface area contributed by atoms with Gasteiger partial charge in [-0.1, -0.05) is 13.3 Å². The summed E-state index contributed by atoms with van der Waals surface area (Å²) in [6, 6.07) is 0. The van der Waals surface area contributed by atoms with Crippen LogP contribution < -0.4 is 11.1 Å². The normalized spacial score (nSPS) is 10.8. The van der Waals surface area contributed by atoms with Crippen molar-refractivity contribution in [3.05, 3.63) is 0 Å². The average molecular weight is 170 g/mol. The van der Waals surface area contributed by atoms with E-state index in [0.29, 0.717) is 6.61 Å². The van der Waals surface area contributed by atoms with Gasteiger partial charge < -0.3 is 10.5 Å². The number of nitrogens with zero attached hydrogens (tertiary/aromatic N) is 2. The first kappa shape index (κ1) is 10.7. The minimum atomic E-state index is 0.0917. The summed E-state index contributed by atoms with van der Waals surface area (Å²) in [6.07, 6.45) is 3.77. The maximum atomic E-state index is 8.11. The summed E-state index contributed by atoms with van der Waals surface area (Å²) in [4.78, 5) is 3.72. The summed E-state index contributed by atoms with van der Waals surface area (Å²) in [5.41, 5.74) is 5.24. The fourth-order valence-corrected chi connectivity index (χ4v) is 0.523. The van der Waals surface area contributed by atoms with Crippen molar-refractivity contribution in [3.8, 4) is 6.19 Å². The molecule has 0 rings (SSSR count). The van der Waals surface area contributed by atoms with Crippen molar-refractivity contribution < 1.29 is 4.74 Å². The van der Waals surface area contributed by atoms with Gasteiger partial charge in [-0.15, -0.1) is 0 Å². The van der Waals surface area contributed by atoms with E-state index in [1.807, 2.05) is 0 Å². The predicted octanol–water partition coefficient (Wildman–Crippen LogP) is 0.146. The van der Waals surface area contributed by atoms with Crippen LogP contribution in [-0.4, -0.2) is 19.3 Å². The molecule has 68 valence electrons. The molecule has 12 heavy (non-hydrogen) atoms. The lowest BCUT2D eigenvalue weighted by Gasteiger charge is -1.99. The fourth-order valence-electron chi connectivity index (χ4n) is 0.523. The molecule has 0 saturated heterocycles. The van der Waals surface area contributed by atoms with E-state index in [-0.39, 0.29) is 12.7 Å². The first-order valence-corrected chi connectivity index (χ1v) is 3.84. The molecule has 0 radical (unpaired) electrons. The summed E-state index contributed by atoms with van der Waals surface area (Å²) in [5, 5.41) is 10.3. The van der Waals surface area contributed by atoms with E-state index in [2.05, 4.69) is 17.2 Å². The van der Waals surface area contributed by atoms with Crippen LogP contribution >= 0.6 is 0 Å². The molecule has 0 amide bonds. The largest absolute Gasteiger partial charge is 0.369 e. The molecular weight excluding hydrogens is 156 g/mol. The quantitative estimate of drug-likeness (QED) is 0.202. The molecule has 0 unspecified atom stereocenters. The highest BCUT2D eigenvalue weighted by atomic mass is 16.5. The summed E-state index contributed by atoms with van der Waals surface area (Å²) >= 11 is 0. The minimum absolute atomic E-state index is 0.0917. The van der Waals surface area contributed by atoms with Gasteiger partial charge in [0.2, 0.25) is 5.96 Å². The molecule has 0 spiro atoms. The Bertz CT molecular complexity index is 173. The molecule has 0 aromatic carbocycles. The number of nitrogens with two attached hydrogens (primary N) is 1. The van der Waals surface area contributed by atoms with Gasteiger partial charge in [-0.05, 0) is 6.42 Å². The van der Waals surface area contributed by atoms with Gasteiger partial charge in [0, 0.05) is 6.61 Å². The van der Waals surface area contributed by atoms with E-state index in [9.17, 15) is 0 Å². The number of hydrogen-bond donors (Lipinski definition) is 2. The molecular formula is C7H14N4O. The van der Waals surface area contributed by atoms with Crippen LogP contribution in [0.3, 0.4) is 0 Å². The Morgan fingerprint density at radius 1 is 1.75 bits per heavy atom. The second-order valence-corrected chi connectivity index (χ2v) is 2.17. The summed E-state index contributed by atoms with van der Waals surface area (Å²) in [6.45, 7) is 2.97. The molecule has 0 fully saturated rings. The molecule has 0 aliphatic carbocycles. The third-order valence-corrected chi connectivity index (χ3v) is 1.15. The number of rotatable bonds is 5. The summed E-state index contributed by atoms with van der Waals surface area (Å²) in [5.74, 6) is 0.0917. The van der Waals surface area contributed by atoms with Gasteiger partial charge in [-0.2, -0.15) is 5.26 Å². The molecule has 3 N–H and O–H groups in total. The lowest BCUT2D eigenvalue weighted by molar-refractivity contribution is 0.139. The molecule has 5 nitrogen and oxygen atoms in total. The zero-order valence-corrected chi connectivity index (χ0v) is 7.21. The molecule has 5 heteroatoms. The third-order valence-electron chi connectivity index (χ3n) is 1.15. The van der Waals surface area contributed by atoms with Crippen LogP contribution in [0.2, 0.25) is 0 Å². The van der Waals surface area contributed by atoms with Crippen LogP contribution in [0.25, 0.3) is 0 Å². The molecule has 0 aromatic rings.